The van der Waals surface area contributed by atoms with E-state index in [2.05, 4.69) is 10.6 Å². The van der Waals surface area contributed by atoms with Crippen molar-refractivity contribution in [2.75, 3.05) is 31.6 Å². The van der Waals surface area contributed by atoms with Gasteiger partial charge in [-0.3, -0.25) is 4.79 Å². The molecule has 2 atom stereocenters. The highest BCUT2D eigenvalue weighted by Crippen LogP contribution is 2.20. The molecule has 0 radical (unpaired) electrons. The van der Waals surface area contributed by atoms with Gasteiger partial charge in [-0.15, -0.1) is 0 Å². The fourth-order valence-electron chi connectivity index (χ4n) is 3.60. The van der Waals surface area contributed by atoms with Crippen molar-refractivity contribution in [3.8, 4) is 0 Å². The van der Waals surface area contributed by atoms with Gasteiger partial charge in [0.1, 0.15) is 6.17 Å². The molecule has 1 aliphatic heterocycles. The topological polar surface area (TPSA) is 81.7 Å². The number of anilines is 1. The summed E-state index contributed by atoms with van der Waals surface area (Å²) in [7, 11) is 0. The number of carbonyl (C=O) groups is 2. The SMILES string of the molecule is O=C(NCC1=CCC(F)C=C1)Nc1ccc(CC(=O)N2CCC(CCO)C2)cc1. The minimum atomic E-state index is -0.939. The quantitative estimate of drug-likeness (QED) is 0.657. The maximum atomic E-state index is 13.0. The van der Waals surface area contributed by atoms with Crippen molar-refractivity contribution >= 4 is 17.6 Å². The highest BCUT2D eigenvalue weighted by atomic mass is 19.1. The molecule has 1 fully saturated rings. The number of nitrogens with one attached hydrogen (secondary N) is 2. The van der Waals surface area contributed by atoms with Crippen LogP contribution in [0.3, 0.4) is 0 Å². The number of aliphatic hydroxyl groups excluding tert-OH is 1. The highest BCUT2D eigenvalue weighted by Gasteiger charge is 2.25. The number of hydrogen-bond acceptors (Lipinski definition) is 3. The maximum Gasteiger partial charge on any atom is 0.319 e. The van der Waals surface area contributed by atoms with Crippen LogP contribution in [-0.4, -0.2) is 54.4 Å². The smallest absolute Gasteiger partial charge is 0.319 e. The molecule has 1 aliphatic carbocycles. The molecule has 1 aromatic rings. The monoisotopic (exact) mass is 401 g/mol. The molecule has 1 aromatic carbocycles. The van der Waals surface area contributed by atoms with Crippen molar-refractivity contribution in [3.05, 3.63) is 53.6 Å². The van der Waals surface area contributed by atoms with E-state index < -0.39 is 6.17 Å². The molecule has 0 bridgehead atoms. The first kappa shape index (κ1) is 21.0. The number of likely N-dealkylation sites (tertiary alicyclic amines) is 1. The van der Waals surface area contributed by atoms with Crippen LogP contribution in [0.5, 0.6) is 0 Å². The number of carbonyl (C=O) groups excluding carboxylic acids is 2. The van der Waals surface area contributed by atoms with Crippen LogP contribution < -0.4 is 10.6 Å². The first-order valence-corrected chi connectivity index (χ1v) is 10.1. The standard InChI is InChI=1S/C22H28FN3O3/c23-19-5-1-17(2-6-19)14-24-22(29)25-20-7-3-16(4-8-20)13-21(28)26-11-9-18(15-26)10-12-27/h1-5,7-8,18-19,27H,6,9-15H2,(H2,24,25,29). The Morgan fingerprint density at radius 1 is 1.24 bits per heavy atom. The van der Waals surface area contributed by atoms with E-state index >= 15 is 0 Å². The van der Waals surface area contributed by atoms with Gasteiger partial charge in [-0.25, -0.2) is 9.18 Å². The summed E-state index contributed by atoms with van der Waals surface area (Å²) in [6, 6.07) is 6.88. The second-order valence-corrected chi connectivity index (χ2v) is 7.58. The van der Waals surface area contributed by atoms with Crippen molar-refractivity contribution < 1.29 is 19.1 Å². The molecule has 3 N–H and O–H groups in total. The van der Waals surface area contributed by atoms with E-state index in [9.17, 15) is 14.0 Å². The van der Waals surface area contributed by atoms with Crippen LogP contribution in [0.4, 0.5) is 14.9 Å². The molecule has 29 heavy (non-hydrogen) atoms. The van der Waals surface area contributed by atoms with Gasteiger partial charge >= 0.3 is 6.03 Å². The zero-order chi connectivity index (χ0) is 20.6. The summed E-state index contributed by atoms with van der Waals surface area (Å²) in [4.78, 5) is 26.3. The van der Waals surface area contributed by atoms with Gasteiger partial charge in [0.2, 0.25) is 5.91 Å². The summed E-state index contributed by atoms with van der Waals surface area (Å²) in [5.74, 6) is 0.487. The van der Waals surface area contributed by atoms with Gasteiger partial charge in [0, 0.05) is 38.3 Å². The van der Waals surface area contributed by atoms with Crippen molar-refractivity contribution in [2.45, 2.75) is 31.9 Å². The van der Waals surface area contributed by atoms with E-state index in [0.717, 1.165) is 37.1 Å². The van der Waals surface area contributed by atoms with E-state index in [4.69, 9.17) is 5.11 Å². The Kier molecular flexibility index (Phi) is 7.41. The Morgan fingerprint density at radius 3 is 2.72 bits per heavy atom. The number of allylic oxidation sites excluding steroid dienone is 2. The van der Waals surface area contributed by atoms with E-state index in [1.54, 1.807) is 24.3 Å². The highest BCUT2D eigenvalue weighted by molar-refractivity contribution is 5.89. The van der Waals surface area contributed by atoms with Crippen molar-refractivity contribution in [1.82, 2.24) is 10.2 Å². The van der Waals surface area contributed by atoms with Crippen LogP contribution in [0.1, 0.15) is 24.8 Å². The predicted molar refractivity (Wildman–Crippen MR) is 110 cm³/mol. The minimum Gasteiger partial charge on any atom is -0.396 e. The normalized spacial score (nSPS) is 21.0. The number of benzene rings is 1. The summed E-state index contributed by atoms with van der Waals surface area (Å²) in [5.41, 5.74) is 2.41. The van der Waals surface area contributed by atoms with Crippen LogP contribution in [0.2, 0.25) is 0 Å². The van der Waals surface area contributed by atoms with Gasteiger partial charge in [0.25, 0.3) is 0 Å². The third-order valence-electron chi connectivity index (χ3n) is 5.32. The van der Waals surface area contributed by atoms with Crippen molar-refractivity contribution in [3.63, 3.8) is 0 Å². The van der Waals surface area contributed by atoms with Gasteiger partial charge in [-0.2, -0.15) is 0 Å². The van der Waals surface area contributed by atoms with Crippen LogP contribution >= 0.6 is 0 Å². The van der Waals surface area contributed by atoms with E-state index in [1.165, 1.54) is 6.08 Å². The fraction of sp³-hybridized carbons (Fsp3) is 0.455. The molecule has 0 spiro atoms. The molecule has 2 unspecified atom stereocenters. The first-order chi connectivity index (χ1) is 14.0. The second kappa shape index (κ2) is 10.2. The van der Waals surface area contributed by atoms with Crippen LogP contribution in [0.15, 0.2) is 48.1 Å². The van der Waals surface area contributed by atoms with Gasteiger partial charge in [0.05, 0.1) is 6.42 Å². The lowest BCUT2D eigenvalue weighted by molar-refractivity contribution is -0.129. The number of amides is 3. The summed E-state index contributed by atoms with van der Waals surface area (Å²) in [6.45, 7) is 1.98. The third-order valence-corrected chi connectivity index (χ3v) is 5.32. The molecule has 2 aliphatic rings. The molecular weight excluding hydrogens is 373 g/mol. The van der Waals surface area contributed by atoms with E-state index in [-0.39, 0.29) is 18.5 Å². The zero-order valence-corrected chi connectivity index (χ0v) is 16.4. The molecule has 3 amide bonds. The third kappa shape index (κ3) is 6.42. The minimum absolute atomic E-state index is 0.0909. The average Bonchev–Trinajstić information content (AvgIpc) is 3.18. The maximum absolute atomic E-state index is 13.0. The number of rotatable bonds is 7. The predicted octanol–water partition coefficient (Wildman–Crippen LogP) is 2.81. The Morgan fingerprint density at radius 2 is 2.03 bits per heavy atom. The Balaban J connectivity index is 1.42. The Bertz CT molecular complexity index is 776. The number of nitrogens with zero attached hydrogens (tertiary/aromatic N) is 1. The lowest BCUT2D eigenvalue weighted by atomic mass is 10.1. The average molecular weight is 401 g/mol. The largest absolute Gasteiger partial charge is 0.396 e. The van der Waals surface area contributed by atoms with Crippen LogP contribution in [-0.2, 0) is 11.2 Å². The molecule has 6 nitrogen and oxygen atoms in total. The number of aliphatic hydroxyl groups is 1. The number of urea groups is 1. The van der Waals surface area contributed by atoms with Crippen LogP contribution in [0, 0.1) is 5.92 Å². The van der Waals surface area contributed by atoms with Crippen molar-refractivity contribution in [1.29, 1.82) is 0 Å². The van der Waals surface area contributed by atoms with Gasteiger partial charge in [-0.1, -0.05) is 30.4 Å². The molecule has 1 saturated heterocycles. The van der Waals surface area contributed by atoms with Gasteiger partial charge < -0.3 is 20.6 Å². The molecule has 1 heterocycles. The fourth-order valence-corrected chi connectivity index (χ4v) is 3.60. The lowest BCUT2D eigenvalue weighted by Crippen LogP contribution is -2.30. The van der Waals surface area contributed by atoms with Crippen molar-refractivity contribution in [2.24, 2.45) is 5.92 Å². The Hall–Kier alpha value is -2.67. The summed E-state index contributed by atoms with van der Waals surface area (Å²) in [5, 5.41) is 14.5. The first-order valence-electron chi connectivity index (χ1n) is 10.1. The molecule has 0 saturated carbocycles. The van der Waals surface area contributed by atoms with Gasteiger partial charge in [-0.05, 0) is 42.0 Å². The molecule has 156 valence electrons. The lowest BCUT2D eigenvalue weighted by Gasteiger charge is -2.16. The zero-order valence-electron chi connectivity index (χ0n) is 16.4. The van der Waals surface area contributed by atoms with Gasteiger partial charge in [0.15, 0.2) is 0 Å². The number of halogens is 1. The number of alkyl halides is 1. The Labute approximate surface area is 170 Å². The summed E-state index contributed by atoms with van der Waals surface area (Å²) in [6.07, 6.45) is 6.38. The van der Waals surface area contributed by atoms with Crippen LogP contribution in [0.25, 0.3) is 0 Å². The summed E-state index contributed by atoms with van der Waals surface area (Å²) < 4.78 is 13.0. The molecule has 7 heteroatoms. The molecule has 3 rings (SSSR count). The van der Waals surface area contributed by atoms with E-state index in [0.29, 0.717) is 31.0 Å². The number of hydrogen-bond donors (Lipinski definition) is 3. The second-order valence-electron chi connectivity index (χ2n) is 7.58. The molecular formula is C22H28FN3O3. The van der Waals surface area contributed by atoms with E-state index in [1.807, 2.05) is 17.0 Å². The molecule has 0 aromatic heterocycles. The summed E-state index contributed by atoms with van der Waals surface area (Å²) >= 11 is 0.